The second-order valence-corrected chi connectivity index (χ2v) is 14.0. The van der Waals surface area contributed by atoms with Gasteiger partial charge >= 0.3 is 0 Å². The number of hydrogen-bond acceptors (Lipinski definition) is 6. The topological polar surface area (TPSA) is 77.3 Å². The summed E-state index contributed by atoms with van der Waals surface area (Å²) < 4.78 is 0. The molecule has 10 rings (SSSR count). The van der Waals surface area contributed by atoms with E-state index in [1.807, 2.05) is 60.7 Å². The Hall–Kier alpha value is -7.96. The molecule has 0 saturated carbocycles. The van der Waals surface area contributed by atoms with Crippen molar-refractivity contribution in [3.05, 3.63) is 206 Å². The summed E-state index contributed by atoms with van der Waals surface area (Å²) in [5, 5.41) is 0. The van der Waals surface area contributed by atoms with Crippen molar-refractivity contribution < 1.29 is 0 Å². The number of hydrogen-bond donors (Lipinski definition) is 0. The fourth-order valence-electron chi connectivity index (χ4n) is 7.25. The summed E-state index contributed by atoms with van der Waals surface area (Å²) in [5.41, 5.74) is 14.0. The predicted octanol–water partition coefficient (Wildman–Crippen LogP) is 12.5. The zero-order valence-electron chi connectivity index (χ0n) is 31.3. The molecule has 6 heteroatoms. The number of rotatable bonds is 8. The van der Waals surface area contributed by atoms with Gasteiger partial charge in [0, 0.05) is 28.5 Å². The van der Waals surface area contributed by atoms with Gasteiger partial charge in [-0.15, -0.1) is 0 Å². The largest absolute Gasteiger partial charge is 0.255 e. The zero-order valence-corrected chi connectivity index (χ0v) is 31.3. The van der Waals surface area contributed by atoms with Gasteiger partial charge in [-0.3, -0.25) is 4.98 Å². The molecule has 272 valence electrons. The van der Waals surface area contributed by atoms with Crippen LogP contribution in [0.2, 0.25) is 0 Å². The van der Waals surface area contributed by atoms with Gasteiger partial charge in [0.05, 0.1) is 22.4 Å². The summed E-state index contributed by atoms with van der Waals surface area (Å²) in [4.78, 5) is 30.3. The standard InChI is InChI=1S/C52H34N6/c1-4-15-35(16-5-1)38-21-12-24-42(31-38)50-56-51(43-25-13-22-39(32-43)36-17-6-2-7-18-36)58-52(57-50)44-26-14-23-40(33-44)41-28-29-45-47(34-41)55-49(46-27-10-11-30-53-46)48(54-45)37-19-8-3-9-20-37/h1-34H. The van der Waals surface area contributed by atoms with E-state index in [1.165, 1.54) is 0 Å². The number of pyridine rings is 1. The van der Waals surface area contributed by atoms with Crippen LogP contribution in [-0.2, 0) is 0 Å². The number of fused-ring (bicyclic) bond motifs is 1. The van der Waals surface area contributed by atoms with Crippen LogP contribution in [0.5, 0.6) is 0 Å². The maximum atomic E-state index is 5.18. The average molecular weight is 743 g/mol. The van der Waals surface area contributed by atoms with Gasteiger partial charge < -0.3 is 0 Å². The minimum Gasteiger partial charge on any atom is -0.255 e. The molecule has 10 aromatic rings. The Balaban J connectivity index is 1.08. The van der Waals surface area contributed by atoms with E-state index >= 15 is 0 Å². The molecule has 0 saturated heterocycles. The Kier molecular flexibility index (Phi) is 9.10. The van der Waals surface area contributed by atoms with Crippen molar-refractivity contribution in [3.8, 4) is 90.2 Å². The minimum atomic E-state index is 0.586. The lowest BCUT2D eigenvalue weighted by atomic mass is 10.0. The van der Waals surface area contributed by atoms with Crippen LogP contribution in [0, 0.1) is 0 Å². The molecular weight excluding hydrogens is 709 g/mol. The lowest BCUT2D eigenvalue weighted by Crippen LogP contribution is -2.00. The lowest BCUT2D eigenvalue weighted by Gasteiger charge is -2.12. The molecule has 0 bridgehead atoms. The molecule has 6 nitrogen and oxygen atoms in total. The first-order valence-corrected chi connectivity index (χ1v) is 19.2. The Morgan fingerprint density at radius 2 is 0.655 bits per heavy atom. The summed E-state index contributed by atoms with van der Waals surface area (Å²) in [6, 6.07) is 68.1. The third kappa shape index (κ3) is 7.02. The van der Waals surface area contributed by atoms with E-state index in [4.69, 9.17) is 24.9 Å². The van der Waals surface area contributed by atoms with Crippen LogP contribution >= 0.6 is 0 Å². The molecular formula is C52H34N6. The Labute approximate surface area is 336 Å². The first kappa shape index (κ1) is 34.5. The van der Waals surface area contributed by atoms with Gasteiger partial charge in [-0.1, -0.05) is 158 Å². The van der Waals surface area contributed by atoms with Crippen LogP contribution in [-0.4, -0.2) is 29.9 Å². The van der Waals surface area contributed by atoms with Gasteiger partial charge in [-0.2, -0.15) is 0 Å². The highest BCUT2D eigenvalue weighted by Gasteiger charge is 2.17. The fraction of sp³-hybridized carbons (Fsp3) is 0. The summed E-state index contributed by atoms with van der Waals surface area (Å²) in [6.07, 6.45) is 1.79. The van der Waals surface area contributed by atoms with E-state index in [1.54, 1.807) is 6.20 Å². The summed E-state index contributed by atoms with van der Waals surface area (Å²) in [7, 11) is 0. The van der Waals surface area contributed by atoms with Crippen LogP contribution in [0.4, 0.5) is 0 Å². The predicted molar refractivity (Wildman–Crippen MR) is 234 cm³/mol. The molecule has 0 N–H and O–H groups in total. The summed E-state index contributed by atoms with van der Waals surface area (Å²) >= 11 is 0. The molecule has 0 spiro atoms. The first-order chi connectivity index (χ1) is 28.7. The smallest absolute Gasteiger partial charge is 0.164 e. The average Bonchev–Trinajstić information content (AvgIpc) is 3.32. The maximum absolute atomic E-state index is 5.18. The molecule has 0 aliphatic carbocycles. The molecule has 0 amide bonds. The number of aromatic nitrogens is 6. The molecule has 0 aliphatic heterocycles. The van der Waals surface area contributed by atoms with E-state index in [0.717, 1.165) is 83.7 Å². The van der Waals surface area contributed by atoms with Crippen LogP contribution < -0.4 is 0 Å². The molecule has 3 heterocycles. The van der Waals surface area contributed by atoms with Gasteiger partial charge in [-0.25, -0.2) is 24.9 Å². The highest BCUT2D eigenvalue weighted by Crippen LogP contribution is 2.34. The van der Waals surface area contributed by atoms with E-state index in [2.05, 4.69) is 145 Å². The lowest BCUT2D eigenvalue weighted by molar-refractivity contribution is 1.07. The number of nitrogens with zero attached hydrogens (tertiary/aromatic N) is 6. The SMILES string of the molecule is c1ccc(-c2cccc(-c3nc(-c4cccc(-c5ccccc5)c4)nc(-c4cccc(-c5ccc6nc(-c7ccccc7)c(-c7ccccn7)nc6c5)c4)n3)c2)cc1. The van der Waals surface area contributed by atoms with E-state index in [-0.39, 0.29) is 0 Å². The van der Waals surface area contributed by atoms with Crippen LogP contribution in [0.3, 0.4) is 0 Å². The quantitative estimate of drug-likeness (QED) is 0.154. The Bertz CT molecular complexity index is 2940. The van der Waals surface area contributed by atoms with Crippen molar-refractivity contribution in [2.75, 3.05) is 0 Å². The molecule has 7 aromatic carbocycles. The fourth-order valence-corrected chi connectivity index (χ4v) is 7.25. The second kappa shape index (κ2) is 15.3. The third-order valence-electron chi connectivity index (χ3n) is 10.2. The Morgan fingerprint density at radius 3 is 1.16 bits per heavy atom. The van der Waals surface area contributed by atoms with Crippen molar-refractivity contribution in [1.82, 2.24) is 29.9 Å². The molecule has 0 aliphatic rings. The van der Waals surface area contributed by atoms with Gasteiger partial charge in [0.2, 0.25) is 0 Å². The van der Waals surface area contributed by atoms with Crippen LogP contribution in [0.15, 0.2) is 206 Å². The monoisotopic (exact) mass is 742 g/mol. The summed E-state index contributed by atoms with van der Waals surface area (Å²) in [6.45, 7) is 0. The van der Waals surface area contributed by atoms with Gasteiger partial charge in [0.1, 0.15) is 5.69 Å². The second-order valence-electron chi connectivity index (χ2n) is 14.0. The first-order valence-electron chi connectivity index (χ1n) is 19.2. The van der Waals surface area contributed by atoms with E-state index in [9.17, 15) is 0 Å². The molecule has 3 aromatic heterocycles. The van der Waals surface area contributed by atoms with Gasteiger partial charge in [0.15, 0.2) is 17.5 Å². The molecule has 0 atom stereocenters. The third-order valence-corrected chi connectivity index (χ3v) is 10.2. The van der Waals surface area contributed by atoms with E-state index < -0.39 is 0 Å². The molecule has 0 fully saturated rings. The van der Waals surface area contributed by atoms with Crippen molar-refractivity contribution in [3.63, 3.8) is 0 Å². The highest BCUT2D eigenvalue weighted by molar-refractivity contribution is 5.88. The van der Waals surface area contributed by atoms with Crippen molar-refractivity contribution in [2.24, 2.45) is 0 Å². The van der Waals surface area contributed by atoms with E-state index in [0.29, 0.717) is 17.5 Å². The van der Waals surface area contributed by atoms with Crippen molar-refractivity contribution in [1.29, 1.82) is 0 Å². The van der Waals surface area contributed by atoms with Crippen molar-refractivity contribution in [2.45, 2.75) is 0 Å². The normalized spacial score (nSPS) is 11.1. The van der Waals surface area contributed by atoms with Crippen LogP contribution in [0.25, 0.3) is 101 Å². The maximum Gasteiger partial charge on any atom is 0.164 e. The zero-order chi connectivity index (χ0) is 38.7. The van der Waals surface area contributed by atoms with Crippen LogP contribution in [0.1, 0.15) is 0 Å². The van der Waals surface area contributed by atoms with Gasteiger partial charge in [-0.05, 0) is 75.8 Å². The molecule has 58 heavy (non-hydrogen) atoms. The van der Waals surface area contributed by atoms with Crippen molar-refractivity contribution >= 4 is 11.0 Å². The Morgan fingerprint density at radius 1 is 0.241 bits per heavy atom. The number of benzene rings is 7. The molecule has 0 unspecified atom stereocenters. The van der Waals surface area contributed by atoms with Gasteiger partial charge in [0.25, 0.3) is 0 Å². The highest BCUT2D eigenvalue weighted by atomic mass is 15.0. The molecule has 0 radical (unpaired) electrons. The minimum absolute atomic E-state index is 0.586. The summed E-state index contributed by atoms with van der Waals surface area (Å²) in [5.74, 6) is 1.79.